The molecule has 0 atom stereocenters. The maximum atomic E-state index is 12.0. The molecule has 0 aliphatic rings. The molecule has 0 aliphatic carbocycles. The first-order valence-corrected chi connectivity index (χ1v) is 6.68. The van der Waals surface area contributed by atoms with Gasteiger partial charge >= 0.3 is 6.36 Å². The monoisotopic (exact) mass is 334 g/mol. The van der Waals surface area contributed by atoms with E-state index in [9.17, 15) is 22.8 Å². The lowest BCUT2D eigenvalue weighted by Gasteiger charge is -2.16. The van der Waals surface area contributed by atoms with Gasteiger partial charge in [-0.05, 0) is 31.2 Å². The zero-order valence-corrected chi connectivity index (χ0v) is 12.6. The Hall–Kier alpha value is -2.29. The molecule has 0 bridgehead atoms. The van der Waals surface area contributed by atoms with Crippen LogP contribution in [0.1, 0.15) is 6.92 Å². The first kappa shape index (κ1) is 18.8. The molecule has 0 spiro atoms. The van der Waals surface area contributed by atoms with Gasteiger partial charge in [-0.25, -0.2) is 0 Å². The molecule has 9 heteroatoms. The van der Waals surface area contributed by atoms with Gasteiger partial charge in [-0.3, -0.25) is 9.59 Å². The first-order valence-electron chi connectivity index (χ1n) is 6.68. The summed E-state index contributed by atoms with van der Waals surface area (Å²) < 4.78 is 44.7. The van der Waals surface area contributed by atoms with Crippen molar-refractivity contribution < 1.29 is 32.2 Å². The Bertz CT molecular complexity index is 532. The fourth-order valence-corrected chi connectivity index (χ4v) is 1.54. The van der Waals surface area contributed by atoms with Crippen molar-refractivity contribution in [1.29, 1.82) is 0 Å². The van der Waals surface area contributed by atoms with E-state index in [0.717, 1.165) is 12.1 Å². The van der Waals surface area contributed by atoms with Crippen molar-refractivity contribution in [2.75, 3.05) is 32.1 Å². The molecule has 0 aliphatic heterocycles. The average Bonchev–Trinajstić information content (AvgIpc) is 2.45. The summed E-state index contributed by atoms with van der Waals surface area (Å²) in [5, 5.41) is 2.46. The Labute approximate surface area is 131 Å². The lowest BCUT2D eigenvalue weighted by molar-refractivity contribution is -0.274. The largest absolute Gasteiger partial charge is 0.573 e. The third kappa shape index (κ3) is 7.50. The second-order valence-electron chi connectivity index (χ2n) is 4.51. The maximum absolute atomic E-state index is 12.0. The van der Waals surface area contributed by atoms with Gasteiger partial charge in [0.2, 0.25) is 11.8 Å². The van der Waals surface area contributed by atoms with Gasteiger partial charge in [0.05, 0.1) is 6.54 Å². The number of carbonyl (C=O) groups excluding carboxylic acids is 2. The number of nitrogens with one attached hydrogen (secondary N) is 1. The van der Waals surface area contributed by atoms with E-state index in [1.807, 2.05) is 0 Å². The van der Waals surface area contributed by atoms with Crippen LogP contribution in [0, 0.1) is 0 Å². The van der Waals surface area contributed by atoms with Crippen molar-refractivity contribution in [3.8, 4) is 5.75 Å². The fraction of sp³-hybridized carbons (Fsp3) is 0.429. The molecule has 0 heterocycles. The van der Waals surface area contributed by atoms with Crippen LogP contribution in [0.2, 0.25) is 0 Å². The topological polar surface area (TPSA) is 67.9 Å². The Morgan fingerprint density at radius 1 is 1.22 bits per heavy atom. The molecule has 6 nitrogen and oxygen atoms in total. The van der Waals surface area contributed by atoms with E-state index in [1.54, 1.807) is 6.92 Å². The van der Waals surface area contributed by atoms with Gasteiger partial charge in [-0.1, -0.05) is 0 Å². The smallest absolute Gasteiger partial charge is 0.406 e. The van der Waals surface area contributed by atoms with Crippen LogP contribution in [0.3, 0.4) is 0 Å². The number of amides is 2. The van der Waals surface area contributed by atoms with E-state index in [2.05, 4.69) is 10.1 Å². The molecule has 2 amide bonds. The number of carbonyl (C=O) groups is 2. The van der Waals surface area contributed by atoms with Crippen molar-refractivity contribution in [2.24, 2.45) is 0 Å². The Balaban J connectivity index is 2.49. The fourth-order valence-electron chi connectivity index (χ4n) is 1.54. The summed E-state index contributed by atoms with van der Waals surface area (Å²) in [6, 6.07) is 4.68. The van der Waals surface area contributed by atoms with E-state index < -0.39 is 12.3 Å². The Kier molecular flexibility index (Phi) is 6.83. The van der Waals surface area contributed by atoms with E-state index in [0.29, 0.717) is 6.61 Å². The summed E-state index contributed by atoms with van der Waals surface area (Å²) in [5.41, 5.74) is 0.287. The molecule has 1 aromatic rings. The summed E-state index contributed by atoms with van der Waals surface area (Å²) in [5.74, 6) is -1.22. The molecule has 1 rings (SSSR count). The molecule has 0 saturated carbocycles. The number of halogens is 3. The number of ether oxygens (including phenoxy) is 2. The van der Waals surface area contributed by atoms with Gasteiger partial charge in [0.1, 0.15) is 12.4 Å². The maximum Gasteiger partial charge on any atom is 0.573 e. The standard InChI is InChI=1S/C14H17F3N2O4/c1-3-22-9-13(21)19(2)8-12(20)18-10-4-6-11(7-5-10)23-14(15,16)17/h4-7H,3,8-9H2,1-2H3,(H,18,20). The van der Waals surface area contributed by atoms with Gasteiger partial charge < -0.3 is 19.7 Å². The third-order valence-corrected chi connectivity index (χ3v) is 2.61. The molecule has 0 aromatic heterocycles. The predicted molar refractivity (Wildman–Crippen MR) is 75.9 cm³/mol. The second-order valence-corrected chi connectivity index (χ2v) is 4.51. The van der Waals surface area contributed by atoms with Gasteiger partial charge in [-0.15, -0.1) is 13.2 Å². The summed E-state index contributed by atoms with van der Waals surface area (Å²) in [6.45, 7) is 1.81. The second kappa shape index (κ2) is 8.37. The predicted octanol–water partition coefficient (Wildman–Crippen LogP) is 2.02. The van der Waals surface area contributed by atoms with Crippen LogP contribution in [0.5, 0.6) is 5.75 Å². The number of rotatable bonds is 7. The highest BCUT2D eigenvalue weighted by Gasteiger charge is 2.30. The van der Waals surface area contributed by atoms with Crippen LogP contribution in [0.25, 0.3) is 0 Å². The molecule has 0 fully saturated rings. The zero-order valence-electron chi connectivity index (χ0n) is 12.6. The molecule has 23 heavy (non-hydrogen) atoms. The number of alkyl halides is 3. The number of anilines is 1. The molecule has 0 unspecified atom stereocenters. The summed E-state index contributed by atoms with van der Waals surface area (Å²) >= 11 is 0. The van der Waals surface area contributed by atoms with E-state index in [4.69, 9.17) is 4.74 Å². The molecule has 1 N–H and O–H groups in total. The van der Waals surface area contributed by atoms with Crippen LogP contribution in [-0.4, -0.2) is 49.9 Å². The van der Waals surface area contributed by atoms with Gasteiger partial charge in [0, 0.05) is 19.3 Å². The number of hydrogen-bond acceptors (Lipinski definition) is 4. The van der Waals surface area contributed by atoms with Crippen LogP contribution >= 0.6 is 0 Å². The van der Waals surface area contributed by atoms with Gasteiger partial charge in [0.15, 0.2) is 0 Å². The zero-order chi connectivity index (χ0) is 17.5. The molecule has 128 valence electrons. The van der Waals surface area contributed by atoms with Crippen molar-refractivity contribution in [1.82, 2.24) is 4.90 Å². The average molecular weight is 334 g/mol. The minimum absolute atomic E-state index is 0.121. The summed E-state index contributed by atoms with van der Waals surface area (Å²) in [6.07, 6.45) is -4.77. The molecular weight excluding hydrogens is 317 g/mol. The van der Waals surface area contributed by atoms with Crippen molar-refractivity contribution >= 4 is 17.5 Å². The molecule has 0 radical (unpaired) electrons. The summed E-state index contributed by atoms with van der Waals surface area (Å²) in [4.78, 5) is 24.5. The molecular formula is C14H17F3N2O4. The SMILES string of the molecule is CCOCC(=O)N(C)CC(=O)Nc1ccc(OC(F)(F)F)cc1. The van der Waals surface area contributed by atoms with Crippen molar-refractivity contribution in [3.05, 3.63) is 24.3 Å². The highest BCUT2D eigenvalue weighted by molar-refractivity contribution is 5.94. The highest BCUT2D eigenvalue weighted by Crippen LogP contribution is 2.23. The minimum atomic E-state index is -4.77. The summed E-state index contributed by atoms with van der Waals surface area (Å²) in [7, 11) is 1.45. The number of nitrogens with zero attached hydrogens (tertiary/aromatic N) is 1. The lowest BCUT2D eigenvalue weighted by Crippen LogP contribution is -2.37. The molecule has 1 aromatic carbocycles. The third-order valence-electron chi connectivity index (χ3n) is 2.61. The Morgan fingerprint density at radius 2 is 1.83 bits per heavy atom. The highest BCUT2D eigenvalue weighted by atomic mass is 19.4. The molecule has 0 saturated heterocycles. The van der Waals surface area contributed by atoms with Crippen LogP contribution in [0.4, 0.5) is 18.9 Å². The lowest BCUT2D eigenvalue weighted by atomic mass is 10.3. The van der Waals surface area contributed by atoms with Crippen LogP contribution in [0.15, 0.2) is 24.3 Å². The van der Waals surface area contributed by atoms with E-state index in [-0.39, 0.29) is 30.5 Å². The Morgan fingerprint density at radius 3 is 2.35 bits per heavy atom. The number of benzene rings is 1. The normalized spacial score (nSPS) is 11.0. The number of likely N-dealkylation sites (N-methyl/N-ethyl adjacent to an activating group) is 1. The van der Waals surface area contributed by atoms with Crippen LogP contribution < -0.4 is 10.1 Å². The van der Waals surface area contributed by atoms with Gasteiger partial charge in [-0.2, -0.15) is 0 Å². The first-order chi connectivity index (χ1) is 10.7. The van der Waals surface area contributed by atoms with E-state index in [1.165, 1.54) is 24.1 Å². The minimum Gasteiger partial charge on any atom is -0.406 e. The van der Waals surface area contributed by atoms with E-state index >= 15 is 0 Å². The van der Waals surface area contributed by atoms with Crippen molar-refractivity contribution in [2.45, 2.75) is 13.3 Å². The van der Waals surface area contributed by atoms with Gasteiger partial charge in [0.25, 0.3) is 0 Å². The quantitative estimate of drug-likeness (QED) is 0.828. The number of hydrogen-bond donors (Lipinski definition) is 1. The van der Waals surface area contributed by atoms with Crippen LogP contribution in [-0.2, 0) is 14.3 Å². The van der Waals surface area contributed by atoms with Crippen molar-refractivity contribution in [3.63, 3.8) is 0 Å².